The van der Waals surface area contributed by atoms with E-state index in [4.69, 9.17) is 4.74 Å². The number of aromatic carboxylic acids is 1. The van der Waals surface area contributed by atoms with E-state index in [2.05, 4.69) is 71.0 Å². The van der Waals surface area contributed by atoms with Gasteiger partial charge < -0.3 is 25.4 Å². The van der Waals surface area contributed by atoms with Gasteiger partial charge in [-0.1, -0.05) is 48.7 Å². The van der Waals surface area contributed by atoms with E-state index in [1.54, 1.807) is 29.8 Å². The molecule has 3 saturated carbocycles. The van der Waals surface area contributed by atoms with E-state index in [0.29, 0.717) is 18.7 Å². The lowest BCUT2D eigenvalue weighted by Gasteiger charge is -2.40. The molecule has 6 heteroatoms. The molecule has 0 radical (unpaired) electrons. The van der Waals surface area contributed by atoms with Crippen molar-refractivity contribution in [2.75, 3.05) is 17.2 Å². The number of hydrogen-bond acceptors (Lipinski definition) is 5. The highest BCUT2D eigenvalue weighted by molar-refractivity contribution is 5.87. The Hall–Kier alpha value is -4.19. The van der Waals surface area contributed by atoms with Gasteiger partial charge in [-0.3, -0.25) is 0 Å². The van der Waals surface area contributed by atoms with Crippen LogP contribution >= 0.6 is 0 Å². The fraction of sp³-hybridized carbons (Fsp3) is 0.425. The number of rotatable bonds is 11. The Labute approximate surface area is 273 Å². The summed E-state index contributed by atoms with van der Waals surface area (Å²) in [5, 5.41) is 16.7. The van der Waals surface area contributed by atoms with Gasteiger partial charge in [-0.25, -0.2) is 4.79 Å². The van der Waals surface area contributed by atoms with E-state index in [1.807, 2.05) is 0 Å². The minimum absolute atomic E-state index is 0.289. The van der Waals surface area contributed by atoms with Crippen molar-refractivity contribution in [3.8, 4) is 5.75 Å². The van der Waals surface area contributed by atoms with Crippen LogP contribution in [0.3, 0.4) is 0 Å². The average Bonchev–Trinajstić information content (AvgIpc) is 3.38. The van der Waals surface area contributed by atoms with Gasteiger partial charge in [-0.2, -0.15) is 0 Å². The molecule has 0 aromatic heterocycles. The maximum atomic E-state index is 11.3. The van der Waals surface area contributed by atoms with Gasteiger partial charge in [-0.05, 0) is 130 Å². The van der Waals surface area contributed by atoms with Crippen LogP contribution in [0.5, 0.6) is 5.75 Å². The molecule has 6 nitrogen and oxygen atoms in total. The van der Waals surface area contributed by atoms with Crippen molar-refractivity contribution in [1.29, 1.82) is 0 Å². The number of aryl methyl sites for hydroxylation is 1. The quantitative estimate of drug-likeness (QED) is 0.199. The smallest absolute Gasteiger partial charge is 0.335 e. The Morgan fingerprint density at radius 2 is 1.57 bits per heavy atom. The van der Waals surface area contributed by atoms with Gasteiger partial charge in [0.05, 0.1) is 11.6 Å². The number of likely N-dealkylation sites (tertiary alicyclic amines) is 1. The SMILES string of the molecule is Cc1ccccc1NC(Nc1ccc(CC(=C2CCC2)N2C(COc3ccc(C(=O)O)cc3)CC3CCCCC32)cc1)=C1CCC1. The third-order valence-corrected chi connectivity index (χ3v) is 10.7. The van der Waals surface area contributed by atoms with E-state index in [9.17, 15) is 9.90 Å². The van der Waals surface area contributed by atoms with Crippen LogP contribution in [0, 0.1) is 12.8 Å². The number of ether oxygens (including phenoxy) is 1. The number of anilines is 2. The van der Waals surface area contributed by atoms with Crippen LogP contribution in [0.15, 0.2) is 95.5 Å². The Kier molecular flexibility index (Phi) is 9.05. The van der Waals surface area contributed by atoms with Crippen molar-refractivity contribution in [1.82, 2.24) is 4.90 Å². The van der Waals surface area contributed by atoms with Crippen molar-refractivity contribution in [3.05, 3.63) is 112 Å². The maximum Gasteiger partial charge on any atom is 0.335 e. The summed E-state index contributed by atoms with van der Waals surface area (Å²) in [7, 11) is 0. The van der Waals surface area contributed by atoms with E-state index in [0.717, 1.165) is 48.1 Å². The lowest BCUT2D eigenvalue weighted by Crippen LogP contribution is -2.42. The number of fused-ring (bicyclic) bond motifs is 1. The number of allylic oxidation sites excluding steroid dienone is 3. The predicted octanol–water partition coefficient (Wildman–Crippen LogP) is 9.31. The molecular formula is C40H47N3O3. The second-order valence-corrected chi connectivity index (χ2v) is 13.7. The highest BCUT2D eigenvalue weighted by Gasteiger charge is 2.44. The van der Waals surface area contributed by atoms with Gasteiger partial charge in [0.1, 0.15) is 18.2 Å². The second kappa shape index (κ2) is 13.7. The molecule has 3 aliphatic carbocycles. The zero-order valence-corrected chi connectivity index (χ0v) is 27.1. The number of nitrogens with zero attached hydrogens (tertiary/aromatic N) is 1. The number of carbonyl (C=O) groups is 1. The fourth-order valence-electron chi connectivity index (χ4n) is 7.76. The molecule has 46 heavy (non-hydrogen) atoms. The molecule has 1 aliphatic heterocycles. The topological polar surface area (TPSA) is 73.8 Å². The molecule has 1 heterocycles. The molecule has 4 fully saturated rings. The zero-order chi connectivity index (χ0) is 31.5. The minimum atomic E-state index is -0.909. The molecular weight excluding hydrogens is 570 g/mol. The number of carboxylic acid groups (broad SMARTS) is 1. The first-order valence-electron chi connectivity index (χ1n) is 17.4. The summed E-state index contributed by atoms with van der Waals surface area (Å²) in [6, 6.07) is 25.3. The number of benzene rings is 3. The first kappa shape index (κ1) is 30.5. The Balaban J connectivity index is 1.08. The van der Waals surface area contributed by atoms with Crippen LogP contribution in [-0.4, -0.2) is 34.7 Å². The van der Waals surface area contributed by atoms with E-state index in [1.165, 1.54) is 80.2 Å². The van der Waals surface area contributed by atoms with Gasteiger partial charge >= 0.3 is 5.97 Å². The average molecular weight is 618 g/mol. The van der Waals surface area contributed by atoms with Crippen LogP contribution in [0.4, 0.5) is 11.4 Å². The number of para-hydroxylation sites is 1. The summed E-state index contributed by atoms with van der Waals surface area (Å²) < 4.78 is 6.35. The van der Waals surface area contributed by atoms with Gasteiger partial charge in [0.25, 0.3) is 0 Å². The van der Waals surface area contributed by atoms with E-state index < -0.39 is 5.97 Å². The van der Waals surface area contributed by atoms with Crippen LogP contribution in [0.1, 0.15) is 92.1 Å². The number of hydrogen-bond donors (Lipinski definition) is 3. The highest BCUT2D eigenvalue weighted by atomic mass is 16.5. The molecule has 3 aromatic rings. The van der Waals surface area contributed by atoms with E-state index >= 15 is 0 Å². The molecule has 3 atom stereocenters. The van der Waals surface area contributed by atoms with E-state index in [-0.39, 0.29) is 5.56 Å². The summed E-state index contributed by atoms with van der Waals surface area (Å²) in [5.41, 5.74) is 9.79. The standard InChI is InChI=1S/C40H47N3O3/c1-27-8-2-4-14-36(27)42-39(30-12-7-13-30)41-33-20-16-28(17-21-33)24-38(29-10-6-11-29)43-34(25-32-9-3-5-15-37(32)43)26-46-35-22-18-31(19-23-35)40(44)45/h2,4,8,14,16-23,32,34,37,41-42H,3,5-7,9-13,15,24-26H2,1H3,(H,44,45). The van der Waals surface area contributed by atoms with Gasteiger partial charge in [-0.15, -0.1) is 0 Å². The minimum Gasteiger partial charge on any atom is -0.491 e. The Morgan fingerprint density at radius 3 is 2.24 bits per heavy atom. The first-order chi connectivity index (χ1) is 22.5. The molecule has 240 valence electrons. The Morgan fingerprint density at radius 1 is 0.848 bits per heavy atom. The molecule has 3 N–H and O–H groups in total. The molecule has 4 aliphatic rings. The van der Waals surface area contributed by atoms with Crippen LogP contribution in [0.25, 0.3) is 0 Å². The van der Waals surface area contributed by atoms with Crippen LogP contribution in [0.2, 0.25) is 0 Å². The summed E-state index contributed by atoms with van der Waals surface area (Å²) in [6.07, 6.45) is 14.6. The van der Waals surface area contributed by atoms with Crippen molar-refractivity contribution in [2.24, 2.45) is 5.92 Å². The van der Waals surface area contributed by atoms with Gasteiger partial charge in [0.2, 0.25) is 0 Å². The lowest BCUT2D eigenvalue weighted by atomic mass is 9.83. The fourth-order valence-corrected chi connectivity index (χ4v) is 7.76. The summed E-state index contributed by atoms with van der Waals surface area (Å²) in [6.45, 7) is 2.78. The summed E-state index contributed by atoms with van der Waals surface area (Å²) in [5.74, 6) is 1.69. The molecule has 0 spiro atoms. The zero-order valence-electron chi connectivity index (χ0n) is 27.1. The molecule has 0 bridgehead atoms. The van der Waals surface area contributed by atoms with Crippen molar-refractivity contribution >= 4 is 17.3 Å². The summed E-state index contributed by atoms with van der Waals surface area (Å²) in [4.78, 5) is 14.1. The van der Waals surface area contributed by atoms with Crippen molar-refractivity contribution in [3.63, 3.8) is 0 Å². The largest absolute Gasteiger partial charge is 0.491 e. The van der Waals surface area contributed by atoms with Crippen molar-refractivity contribution in [2.45, 2.75) is 96.1 Å². The molecule has 3 unspecified atom stereocenters. The molecule has 0 amide bonds. The second-order valence-electron chi connectivity index (χ2n) is 13.7. The highest BCUT2D eigenvalue weighted by Crippen LogP contribution is 2.45. The van der Waals surface area contributed by atoms with Crippen molar-refractivity contribution < 1.29 is 14.6 Å². The third-order valence-electron chi connectivity index (χ3n) is 10.7. The maximum absolute atomic E-state index is 11.3. The predicted molar refractivity (Wildman–Crippen MR) is 185 cm³/mol. The van der Waals surface area contributed by atoms with Gasteiger partial charge in [0.15, 0.2) is 0 Å². The number of nitrogens with one attached hydrogen (secondary N) is 2. The molecule has 7 rings (SSSR count). The summed E-state index contributed by atoms with van der Waals surface area (Å²) >= 11 is 0. The van der Waals surface area contributed by atoms with Gasteiger partial charge in [0, 0.05) is 29.5 Å². The molecule has 1 saturated heterocycles. The third kappa shape index (κ3) is 6.67. The lowest BCUT2D eigenvalue weighted by molar-refractivity contribution is 0.0696. The Bertz CT molecular complexity index is 1600. The monoisotopic (exact) mass is 617 g/mol. The van der Waals surface area contributed by atoms with Crippen LogP contribution in [-0.2, 0) is 6.42 Å². The normalized spacial score (nSPS) is 21.9. The molecule has 3 aromatic carbocycles. The number of carboxylic acids is 1. The first-order valence-corrected chi connectivity index (χ1v) is 17.4. The van der Waals surface area contributed by atoms with Crippen LogP contribution < -0.4 is 15.4 Å².